The van der Waals surface area contributed by atoms with Crippen LogP contribution in [-0.2, 0) is 0 Å². The molecule has 0 spiro atoms. The zero-order valence-electron chi connectivity index (χ0n) is 15.1. The van der Waals surface area contributed by atoms with Gasteiger partial charge in [-0.2, -0.15) is 0 Å². The van der Waals surface area contributed by atoms with Crippen molar-refractivity contribution in [2.75, 3.05) is 52.5 Å². The number of unbranched alkanes of at least 4 members (excludes halogenated alkanes) is 4. The van der Waals surface area contributed by atoms with Gasteiger partial charge in [0.1, 0.15) is 0 Å². The molecule has 4 nitrogen and oxygen atoms in total. The SMILES string of the molecule is CCCCN(CCCCO)CCN(CCCC)CCCCO. The van der Waals surface area contributed by atoms with E-state index in [-0.39, 0.29) is 0 Å². The average Bonchev–Trinajstić information content (AvgIpc) is 2.54. The van der Waals surface area contributed by atoms with Crippen molar-refractivity contribution >= 4 is 0 Å². The molecule has 0 aromatic carbocycles. The molecule has 0 unspecified atom stereocenters. The van der Waals surface area contributed by atoms with Gasteiger partial charge in [0.25, 0.3) is 0 Å². The van der Waals surface area contributed by atoms with Crippen LogP contribution in [0.15, 0.2) is 0 Å². The second-order valence-electron chi connectivity index (χ2n) is 6.25. The molecule has 4 heteroatoms. The largest absolute Gasteiger partial charge is 0.396 e. The Kier molecular flexibility index (Phi) is 17.1. The second-order valence-corrected chi connectivity index (χ2v) is 6.25. The predicted molar refractivity (Wildman–Crippen MR) is 95.3 cm³/mol. The van der Waals surface area contributed by atoms with Crippen LogP contribution >= 0.6 is 0 Å². The molecule has 0 aromatic heterocycles. The van der Waals surface area contributed by atoms with E-state index in [0.717, 1.165) is 51.9 Å². The summed E-state index contributed by atoms with van der Waals surface area (Å²) in [6, 6.07) is 0. The maximum absolute atomic E-state index is 8.94. The first-order valence-electron chi connectivity index (χ1n) is 9.44. The van der Waals surface area contributed by atoms with E-state index in [1.807, 2.05) is 0 Å². The second kappa shape index (κ2) is 17.2. The summed E-state index contributed by atoms with van der Waals surface area (Å²) in [7, 11) is 0. The van der Waals surface area contributed by atoms with Crippen molar-refractivity contribution in [3.8, 4) is 0 Å². The van der Waals surface area contributed by atoms with E-state index in [9.17, 15) is 0 Å². The fourth-order valence-corrected chi connectivity index (χ4v) is 2.61. The lowest BCUT2D eigenvalue weighted by Crippen LogP contribution is -2.37. The highest BCUT2D eigenvalue weighted by Crippen LogP contribution is 2.03. The Morgan fingerprint density at radius 3 is 1.18 bits per heavy atom. The van der Waals surface area contributed by atoms with Gasteiger partial charge < -0.3 is 20.0 Å². The van der Waals surface area contributed by atoms with Gasteiger partial charge in [-0.25, -0.2) is 0 Å². The Morgan fingerprint density at radius 2 is 0.864 bits per heavy atom. The van der Waals surface area contributed by atoms with E-state index in [4.69, 9.17) is 10.2 Å². The van der Waals surface area contributed by atoms with Gasteiger partial charge in [-0.15, -0.1) is 0 Å². The Hall–Kier alpha value is -0.160. The minimum absolute atomic E-state index is 0.311. The first-order valence-corrected chi connectivity index (χ1v) is 9.44. The molecule has 0 fully saturated rings. The number of hydrogen-bond acceptors (Lipinski definition) is 4. The minimum atomic E-state index is 0.311. The maximum atomic E-state index is 8.94. The molecule has 0 atom stereocenters. The Bertz CT molecular complexity index is 193. The molecule has 0 rings (SSSR count). The molecule has 2 N–H and O–H groups in total. The number of rotatable bonds is 17. The predicted octanol–water partition coefficient (Wildman–Crippen LogP) is 2.74. The third kappa shape index (κ3) is 13.5. The van der Waals surface area contributed by atoms with E-state index < -0.39 is 0 Å². The van der Waals surface area contributed by atoms with Crippen LogP contribution in [0.4, 0.5) is 0 Å². The van der Waals surface area contributed by atoms with E-state index in [1.165, 1.54) is 38.8 Å². The van der Waals surface area contributed by atoms with Crippen LogP contribution < -0.4 is 0 Å². The van der Waals surface area contributed by atoms with Crippen molar-refractivity contribution in [1.82, 2.24) is 9.80 Å². The van der Waals surface area contributed by atoms with Gasteiger partial charge in [0.05, 0.1) is 0 Å². The molecule has 0 heterocycles. The molecule has 0 aliphatic heterocycles. The Balaban J connectivity index is 4.12. The molecule has 0 aliphatic carbocycles. The first-order chi connectivity index (χ1) is 10.8. The zero-order chi connectivity index (χ0) is 16.5. The number of aliphatic hydroxyl groups excluding tert-OH is 2. The number of aliphatic hydroxyl groups is 2. The molecule has 0 saturated heterocycles. The standard InChI is InChI=1S/C18H40N2O2/c1-3-5-11-19(13-7-9-17-21)15-16-20(12-6-4-2)14-8-10-18-22/h21-22H,3-18H2,1-2H3. The summed E-state index contributed by atoms with van der Waals surface area (Å²) in [6.45, 7) is 12.0. The monoisotopic (exact) mass is 316 g/mol. The van der Waals surface area contributed by atoms with Gasteiger partial charge in [0.2, 0.25) is 0 Å². The van der Waals surface area contributed by atoms with Gasteiger partial charge in [-0.3, -0.25) is 0 Å². The van der Waals surface area contributed by atoms with Gasteiger partial charge in [-0.1, -0.05) is 26.7 Å². The molecule has 0 radical (unpaired) electrons. The summed E-state index contributed by atoms with van der Waals surface area (Å²) < 4.78 is 0. The van der Waals surface area contributed by atoms with E-state index in [2.05, 4.69) is 23.6 Å². The highest BCUT2D eigenvalue weighted by Gasteiger charge is 2.09. The summed E-state index contributed by atoms with van der Waals surface area (Å²) in [4.78, 5) is 5.12. The summed E-state index contributed by atoms with van der Waals surface area (Å²) in [5.41, 5.74) is 0. The Morgan fingerprint density at radius 1 is 0.500 bits per heavy atom. The Labute approximate surface area is 138 Å². The topological polar surface area (TPSA) is 46.9 Å². The average molecular weight is 317 g/mol. The van der Waals surface area contributed by atoms with Crippen LogP contribution in [0.3, 0.4) is 0 Å². The summed E-state index contributed by atoms with van der Waals surface area (Å²) >= 11 is 0. The van der Waals surface area contributed by atoms with Gasteiger partial charge in [-0.05, 0) is 64.7 Å². The van der Waals surface area contributed by atoms with Crippen molar-refractivity contribution < 1.29 is 10.2 Å². The normalized spacial score (nSPS) is 11.7. The first kappa shape index (κ1) is 21.8. The fraction of sp³-hybridized carbons (Fsp3) is 1.00. The van der Waals surface area contributed by atoms with Gasteiger partial charge in [0, 0.05) is 26.3 Å². The lowest BCUT2D eigenvalue weighted by Gasteiger charge is -2.27. The highest BCUT2D eigenvalue weighted by molar-refractivity contribution is 4.64. The third-order valence-corrected chi connectivity index (χ3v) is 4.15. The lowest BCUT2D eigenvalue weighted by molar-refractivity contribution is 0.186. The van der Waals surface area contributed by atoms with E-state index in [1.54, 1.807) is 0 Å². The quantitative estimate of drug-likeness (QED) is 0.405. The molecule has 0 aliphatic rings. The third-order valence-electron chi connectivity index (χ3n) is 4.15. The van der Waals surface area contributed by atoms with E-state index in [0.29, 0.717) is 13.2 Å². The summed E-state index contributed by atoms with van der Waals surface area (Å²) in [5.74, 6) is 0. The molecule has 0 amide bonds. The van der Waals surface area contributed by atoms with Crippen molar-refractivity contribution in [1.29, 1.82) is 0 Å². The smallest absolute Gasteiger partial charge is 0.0431 e. The number of hydrogen-bond donors (Lipinski definition) is 2. The van der Waals surface area contributed by atoms with Crippen LogP contribution in [-0.4, -0.2) is 72.5 Å². The molecule has 22 heavy (non-hydrogen) atoms. The van der Waals surface area contributed by atoms with Crippen LogP contribution in [0.2, 0.25) is 0 Å². The zero-order valence-corrected chi connectivity index (χ0v) is 15.1. The summed E-state index contributed by atoms with van der Waals surface area (Å²) in [6.07, 6.45) is 9.03. The highest BCUT2D eigenvalue weighted by atomic mass is 16.3. The minimum Gasteiger partial charge on any atom is -0.396 e. The number of nitrogens with zero attached hydrogens (tertiary/aromatic N) is 2. The van der Waals surface area contributed by atoms with Crippen molar-refractivity contribution in [3.05, 3.63) is 0 Å². The molecule has 0 aromatic rings. The van der Waals surface area contributed by atoms with Gasteiger partial charge in [0.15, 0.2) is 0 Å². The van der Waals surface area contributed by atoms with Crippen molar-refractivity contribution in [3.63, 3.8) is 0 Å². The fourth-order valence-electron chi connectivity index (χ4n) is 2.61. The van der Waals surface area contributed by atoms with Gasteiger partial charge >= 0.3 is 0 Å². The van der Waals surface area contributed by atoms with Crippen LogP contribution in [0, 0.1) is 0 Å². The van der Waals surface area contributed by atoms with E-state index >= 15 is 0 Å². The molecule has 134 valence electrons. The van der Waals surface area contributed by atoms with Crippen LogP contribution in [0.5, 0.6) is 0 Å². The molecular weight excluding hydrogens is 276 g/mol. The summed E-state index contributed by atoms with van der Waals surface area (Å²) in [5, 5.41) is 17.9. The maximum Gasteiger partial charge on any atom is 0.0431 e. The lowest BCUT2D eigenvalue weighted by atomic mass is 10.2. The molecular formula is C18H40N2O2. The molecule has 0 bridgehead atoms. The van der Waals surface area contributed by atoms with Crippen LogP contribution in [0.25, 0.3) is 0 Å². The van der Waals surface area contributed by atoms with Crippen LogP contribution in [0.1, 0.15) is 65.2 Å². The van der Waals surface area contributed by atoms with Crippen molar-refractivity contribution in [2.45, 2.75) is 65.2 Å². The molecule has 0 saturated carbocycles. The van der Waals surface area contributed by atoms with Crippen molar-refractivity contribution in [2.24, 2.45) is 0 Å².